The number of carbonyl (C=O) groups is 2. The highest BCUT2D eigenvalue weighted by atomic mass is 16.5. The number of aromatic nitrogens is 3. The molecule has 3 aromatic rings. The minimum Gasteiger partial charge on any atom is -0.383 e. The summed E-state index contributed by atoms with van der Waals surface area (Å²) in [6, 6.07) is 10.5. The zero-order valence-corrected chi connectivity index (χ0v) is 21.0. The first-order chi connectivity index (χ1) is 18.0. The molecule has 10 heteroatoms. The molecule has 1 aromatic carbocycles. The number of fused-ring (bicyclic) bond motifs is 1. The molecule has 1 saturated carbocycles. The summed E-state index contributed by atoms with van der Waals surface area (Å²) >= 11 is 0. The predicted molar refractivity (Wildman–Crippen MR) is 139 cm³/mol. The van der Waals surface area contributed by atoms with Crippen molar-refractivity contribution in [3.8, 4) is 0 Å². The van der Waals surface area contributed by atoms with Crippen LogP contribution in [0.15, 0.2) is 42.7 Å². The lowest BCUT2D eigenvalue weighted by molar-refractivity contribution is -0.148. The summed E-state index contributed by atoms with van der Waals surface area (Å²) in [6.07, 6.45) is 8.41. The lowest BCUT2D eigenvalue weighted by Crippen LogP contribution is -2.57. The average molecular weight is 504 g/mol. The van der Waals surface area contributed by atoms with Gasteiger partial charge in [-0.25, -0.2) is 9.67 Å². The Morgan fingerprint density at radius 2 is 1.92 bits per heavy atom. The quantitative estimate of drug-likeness (QED) is 0.525. The van der Waals surface area contributed by atoms with E-state index in [0.717, 1.165) is 24.8 Å². The van der Waals surface area contributed by atoms with E-state index < -0.39 is 11.8 Å². The molecule has 2 aliphatic heterocycles. The number of hydrogen-bond donors (Lipinski definition) is 2. The normalized spacial score (nSPS) is 24.8. The number of anilines is 2. The van der Waals surface area contributed by atoms with Crippen LogP contribution in [0, 0.1) is 0 Å². The summed E-state index contributed by atoms with van der Waals surface area (Å²) in [5, 5.41) is 8.06. The predicted octanol–water partition coefficient (Wildman–Crippen LogP) is 3.09. The van der Waals surface area contributed by atoms with Crippen molar-refractivity contribution >= 4 is 34.2 Å². The van der Waals surface area contributed by atoms with Gasteiger partial charge in [-0.15, -0.1) is 0 Å². The maximum atomic E-state index is 13.6. The Kier molecular flexibility index (Phi) is 6.29. The molecule has 0 radical (unpaired) electrons. The number of piperazine rings is 1. The van der Waals surface area contributed by atoms with E-state index in [1.165, 1.54) is 19.0 Å². The van der Waals surface area contributed by atoms with Gasteiger partial charge in [-0.2, -0.15) is 5.10 Å². The highest BCUT2D eigenvalue weighted by Crippen LogP contribution is 2.36. The molecule has 2 saturated heterocycles. The van der Waals surface area contributed by atoms with Crippen LogP contribution >= 0.6 is 0 Å². The number of ether oxygens (including phenoxy) is 1. The Balaban J connectivity index is 1.25. The number of nitrogens with two attached hydrogens (primary N) is 1. The lowest BCUT2D eigenvalue weighted by atomic mass is 9.99. The Bertz CT molecular complexity index is 1300. The monoisotopic (exact) mass is 503 g/mol. The molecule has 37 heavy (non-hydrogen) atoms. The van der Waals surface area contributed by atoms with Crippen LogP contribution in [0.4, 0.5) is 11.5 Å². The number of carbonyl (C=O) groups excluding carboxylic acids is 2. The number of amides is 2. The fourth-order valence-corrected chi connectivity index (χ4v) is 5.62. The topological polar surface area (TPSA) is 119 Å². The van der Waals surface area contributed by atoms with Gasteiger partial charge in [0.1, 0.15) is 17.6 Å². The zero-order valence-electron chi connectivity index (χ0n) is 21.0. The molecule has 2 aromatic heterocycles. The van der Waals surface area contributed by atoms with Gasteiger partial charge in [-0.1, -0.05) is 30.3 Å². The fraction of sp³-hybridized carbons (Fsp3) is 0.481. The highest BCUT2D eigenvalue weighted by molar-refractivity contribution is 6.40. The fourth-order valence-electron chi connectivity index (χ4n) is 5.62. The van der Waals surface area contributed by atoms with Crippen molar-refractivity contribution in [3.63, 3.8) is 0 Å². The van der Waals surface area contributed by atoms with Crippen LogP contribution in [0.1, 0.15) is 56.9 Å². The smallest absolute Gasteiger partial charge is 0.314 e. The van der Waals surface area contributed by atoms with Gasteiger partial charge in [-0.05, 0) is 44.6 Å². The van der Waals surface area contributed by atoms with E-state index >= 15 is 0 Å². The number of nitrogens with zero attached hydrogens (tertiary/aromatic N) is 5. The van der Waals surface area contributed by atoms with Crippen molar-refractivity contribution in [2.24, 2.45) is 0 Å². The Labute approximate surface area is 215 Å². The summed E-state index contributed by atoms with van der Waals surface area (Å²) in [7, 11) is 0. The first-order valence-corrected chi connectivity index (χ1v) is 13.2. The van der Waals surface area contributed by atoms with Gasteiger partial charge in [0.05, 0.1) is 23.3 Å². The zero-order chi connectivity index (χ0) is 25.5. The molecular formula is C27H33N7O3. The van der Waals surface area contributed by atoms with Crippen LogP contribution in [0.3, 0.4) is 0 Å². The Morgan fingerprint density at radius 3 is 2.65 bits per heavy atom. The van der Waals surface area contributed by atoms with Gasteiger partial charge in [0.15, 0.2) is 0 Å². The van der Waals surface area contributed by atoms with Crippen molar-refractivity contribution in [1.29, 1.82) is 0 Å². The van der Waals surface area contributed by atoms with Gasteiger partial charge < -0.3 is 20.7 Å². The summed E-state index contributed by atoms with van der Waals surface area (Å²) < 4.78 is 7.59. The third-order valence-electron chi connectivity index (χ3n) is 7.74. The molecule has 3 aliphatic rings. The molecule has 4 heterocycles. The summed E-state index contributed by atoms with van der Waals surface area (Å²) in [4.78, 5) is 35.3. The molecule has 1 aliphatic carbocycles. The van der Waals surface area contributed by atoms with Crippen LogP contribution < -0.4 is 11.1 Å². The van der Waals surface area contributed by atoms with E-state index in [1.54, 1.807) is 15.8 Å². The van der Waals surface area contributed by atoms with Crippen molar-refractivity contribution < 1.29 is 14.3 Å². The first kappa shape index (κ1) is 23.9. The molecule has 3 fully saturated rings. The summed E-state index contributed by atoms with van der Waals surface area (Å²) in [5.74, 6) is -0.948. The molecular weight excluding hydrogens is 470 g/mol. The molecule has 3 atom stereocenters. The van der Waals surface area contributed by atoms with E-state index in [0.29, 0.717) is 48.1 Å². The molecule has 0 bridgehead atoms. The molecule has 3 N–H and O–H groups in total. The van der Waals surface area contributed by atoms with Crippen molar-refractivity contribution in [3.05, 3.63) is 48.3 Å². The second-order valence-electron chi connectivity index (χ2n) is 10.4. The van der Waals surface area contributed by atoms with E-state index in [4.69, 9.17) is 10.5 Å². The number of nitrogen functional groups attached to an aromatic ring is 1. The number of rotatable bonds is 4. The van der Waals surface area contributed by atoms with Gasteiger partial charge in [0.25, 0.3) is 0 Å². The standard InChI is InChI=1S/C27H33N7O3/c1-17-14-33(22(16-32(17)19-10-11-19)18-7-3-2-4-8-18)27(36)26(35)30-21-13-29-25(28)20-15-34(31-24(20)21)23-9-5-6-12-37-23/h2-4,7-8,13,15,17,19,22-23H,5-6,9-12,14,16H2,1H3,(H2,28,29)(H,30,35)/t17-,22-,23?/m1/s1. The minimum absolute atomic E-state index is 0.179. The maximum Gasteiger partial charge on any atom is 0.314 e. The van der Waals surface area contributed by atoms with Crippen LogP contribution in [0.2, 0.25) is 0 Å². The van der Waals surface area contributed by atoms with Crippen LogP contribution in [-0.2, 0) is 14.3 Å². The largest absolute Gasteiger partial charge is 0.383 e. The number of pyridine rings is 1. The van der Waals surface area contributed by atoms with E-state index in [9.17, 15) is 9.59 Å². The molecule has 1 unspecified atom stereocenters. The van der Waals surface area contributed by atoms with Crippen LogP contribution in [-0.4, -0.2) is 68.2 Å². The van der Waals surface area contributed by atoms with Crippen molar-refractivity contribution in [2.45, 2.75) is 63.4 Å². The average Bonchev–Trinajstić information content (AvgIpc) is 3.67. The second-order valence-corrected chi connectivity index (χ2v) is 10.4. The van der Waals surface area contributed by atoms with Crippen LogP contribution in [0.25, 0.3) is 10.9 Å². The molecule has 6 rings (SSSR count). The number of nitrogens with one attached hydrogen (secondary N) is 1. The minimum atomic E-state index is -0.704. The van der Waals surface area contributed by atoms with E-state index in [1.807, 2.05) is 30.3 Å². The van der Waals surface area contributed by atoms with Crippen LogP contribution in [0.5, 0.6) is 0 Å². The first-order valence-electron chi connectivity index (χ1n) is 13.2. The summed E-state index contributed by atoms with van der Waals surface area (Å²) in [6.45, 7) is 4.02. The number of benzene rings is 1. The Morgan fingerprint density at radius 1 is 1.11 bits per heavy atom. The van der Waals surface area contributed by atoms with E-state index in [2.05, 4.69) is 27.2 Å². The van der Waals surface area contributed by atoms with Gasteiger partial charge in [0, 0.05) is 38.0 Å². The van der Waals surface area contributed by atoms with E-state index in [-0.39, 0.29) is 18.3 Å². The molecule has 194 valence electrons. The number of hydrogen-bond acceptors (Lipinski definition) is 7. The van der Waals surface area contributed by atoms with Gasteiger partial charge in [-0.3, -0.25) is 14.5 Å². The third kappa shape index (κ3) is 4.67. The SMILES string of the molecule is C[C@@H]1CN(C(=O)C(=O)Nc2cnc(N)c3cn(C4CCCCO4)nc23)[C@@H](c2ccccc2)CN1C1CC1. The summed E-state index contributed by atoms with van der Waals surface area (Å²) in [5.41, 5.74) is 8.00. The lowest BCUT2D eigenvalue weighted by Gasteiger charge is -2.45. The van der Waals surface area contributed by atoms with Crippen molar-refractivity contribution in [2.75, 3.05) is 30.7 Å². The third-order valence-corrected chi connectivity index (χ3v) is 7.74. The maximum absolute atomic E-state index is 13.6. The molecule has 10 nitrogen and oxygen atoms in total. The molecule has 2 amide bonds. The molecule has 0 spiro atoms. The second kappa shape index (κ2) is 9.75. The van der Waals surface area contributed by atoms with Gasteiger partial charge in [0.2, 0.25) is 0 Å². The Hall–Kier alpha value is -3.50. The van der Waals surface area contributed by atoms with Crippen molar-refractivity contribution in [1.82, 2.24) is 24.6 Å². The highest BCUT2D eigenvalue weighted by Gasteiger charge is 2.42. The van der Waals surface area contributed by atoms with Gasteiger partial charge >= 0.3 is 11.8 Å².